The molecule has 1 rings (SSSR count). The van der Waals surface area contributed by atoms with Crippen molar-refractivity contribution in [2.45, 2.75) is 19.8 Å². The van der Waals surface area contributed by atoms with Gasteiger partial charge in [0.05, 0.1) is 13.5 Å². The van der Waals surface area contributed by atoms with Gasteiger partial charge in [0.25, 0.3) is 0 Å². The maximum atomic E-state index is 10.8. The lowest BCUT2D eigenvalue weighted by molar-refractivity contribution is -0.136. The predicted octanol–water partition coefficient (Wildman–Crippen LogP) is 1.20. The molecular weight excluding hydrogens is 258 g/mol. The van der Waals surface area contributed by atoms with Crippen LogP contribution in [0.3, 0.4) is 0 Å². The molecule has 0 aliphatic carbocycles. The second-order valence-electron chi connectivity index (χ2n) is 4.13. The number of benzene rings is 1. The smallest absolute Gasteiger partial charge is 0.307 e. The van der Waals surface area contributed by atoms with Crippen molar-refractivity contribution in [3.8, 4) is 17.6 Å². The Labute approximate surface area is 117 Å². The molecule has 0 radical (unpaired) electrons. The number of nitrogens with one attached hydrogen (secondary N) is 1. The maximum absolute atomic E-state index is 10.8. The zero-order chi connectivity index (χ0) is 15.0. The van der Waals surface area contributed by atoms with Crippen LogP contribution in [0.25, 0.3) is 0 Å². The summed E-state index contributed by atoms with van der Waals surface area (Å²) in [7, 11) is 1.54. The number of carboxylic acid groups (broad SMARTS) is 1. The first-order chi connectivity index (χ1) is 9.52. The number of hydrogen-bond donors (Lipinski definition) is 2. The normalized spacial score (nSPS) is 9.30. The molecular formula is C15H17NO4. The molecule has 5 heteroatoms. The van der Waals surface area contributed by atoms with Crippen molar-refractivity contribution in [2.75, 3.05) is 13.7 Å². The molecule has 0 saturated carbocycles. The summed E-state index contributed by atoms with van der Waals surface area (Å²) in [4.78, 5) is 21.5. The SMILES string of the molecule is COc1ccc(CC(=O)O)c(C#CCCNC(C)=O)c1. The molecule has 0 unspecified atom stereocenters. The third kappa shape index (κ3) is 5.44. The van der Waals surface area contributed by atoms with E-state index in [1.807, 2.05) is 0 Å². The number of methoxy groups -OCH3 is 1. The van der Waals surface area contributed by atoms with E-state index in [9.17, 15) is 9.59 Å². The summed E-state index contributed by atoms with van der Waals surface area (Å²) in [6, 6.07) is 5.12. The topological polar surface area (TPSA) is 75.6 Å². The van der Waals surface area contributed by atoms with Crippen LogP contribution in [0.15, 0.2) is 18.2 Å². The van der Waals surface area contributed by atoms with Crippen LogP contribution in [0.2, 0.25) is 0 Å². The number of amides is 1. The molecule has 2 N–H and O–H groups in total. The maximum Gasteiger partial charge on any atom is 0.307 e. The molecule has 0 heterocycles. The first kappa shape index (κ1) is 15.6. The van der Waals surface area contributed by atoms with Crippen LogP contribution in [0.1, 0.15) is 24.5 Å². The fourth-order valence-electron chi connectivity index (χ4n) is 1.57. The van der Waals surface area contributed by atoms with Crippen molar-refractivity contribution < 1.29 is 19.4 Å². The molecule has 20 heavy (non-hydrogen) atoms. The number of carboxylic acids is 1. The Balaban J connectivity index is 2.82. The van der Waals surface area contributed by atoms with Crippen LogP contribution < -0.4 is 10.1 Å². The van der Waals surface area contributed by atoms with Gasteiger partial charge >= 0.3 is 5.97 Å². The first-order valence-electron chi connectivity index (χ1n) is 6.15. The Bertz CT molecular complexity index is 555. The highest BCUT2D eigenvalue weighted by atomic mass is 16.5. The van der Waals surface area contributed by atoms with E-state index in [1.54, 1.807) is 25.3 Å². The molecule has 1 aromatic rings. The molecule has 1 amide bonds. The average Bonchev–Trinajstić information content (AvgIpc) is 2.39. The third-order valence-corrected chi connectivity index (χ3v) is 2.51. The van der Waals surface area contributed by atoms with Crippen molar-refractivity contribution in [3.05, 3.63) is 29.3 Å². The van der Waals surface area contributed by atoms with Gasteiger partial charge in [0.15, 0.2) is 0 Å². The minimum atomic E-state index is -0.906. The lowest BCUT2D eigenvalue weighted by Crippen LogP contribution is -2.20. The first-order valence-corrected chi connectivity index (χ1v) is 6.15. The van der Waals surface area contributed by atoms with Crippen molar-refractivity contribution in [1.82, 2.24) is 5.32 Å². The molecule has 0 saturated heterocycles. The molecule has 0 spiro atoms. The zero-order valence-corrected chi connectivity index (χ0v) is 11.5. The standard InChI is InChI=1S/C15H17NO4/c1-11(17)16-8-4-3-5-12-9-14(20-2)7-6-13(12)10-15(18)19/h6-7,9H,4,8,10H2,1-2H3,(H,16,17)(H,18,19). The van der Waals surface area contributed by atoms with Crippen LogP contribution in [-0.4, -0.2) is 30.6 Å². The molecule has 0 aliphatic rings. The summed E-state index contributed by atoms with van der Waals surface area (Å²) in [5.74, 6) is 5.46. The second kappa shape index (κ2) is 7.85. The highest BCUT2D eigenvalue weighted by molar-refractivity contribution is 5.73. The van der Waals surface area contributed by atoms with Gasteiger partial charge in [0, 0.05) is 25.5 Å². The van der Waals surface area contributed by atoms with Crippen molar-refractivity contribution >= 4 is 11.9 Å². The summed E-state index contributed by atoms with van der Waals surface area (Å²) in [6.45, 7) is 1.92. The molecule has 1 aromatic carbocycles. The number of hydrogen-bond acceptors (Lipinski definition) is 3. The monoisotopic (exact) mass is 275 g/mol. The molecule has 0 atom stereocenters. The van der Waals surface area contributed by atoms with E-state index in [2.05, 4.69) is 17.2 Å². The van der Waals surface area contributed by atoms with Gasteiger partial charge in [-0.3, -0.25) is 9.59 Å². The fraction of sp³-hybridized carbons (Fsp3) is 0.333. The van der Waals surface area contributed by atoms with Crippen LogP contribution >= 0.6 is 0 Å². The lowest BCUT2D eigenvalue weighted by atomic mass is 10.0. The largest absolute Gasteiger partial charge is 0.497 e. The van der Waals surface area contributed by atoms with Crippen molar-refractivity contribution in [3.63, 3.8) is 0 Å². The Morgan fingerprint density at radius 3 is 2.75 bits per heavy atom. The zero-order valence-electron chi connectivity index (χ0n) is 11.5. The Kier molecular flexibility index (Phi) is 6.11. The number of aliphatic carboxylic acids is 1. The van der Waals surface area contributed by atoms with Crippen molar-refractivity contribution in [2.24, 2.45) is 0 Å². The minimum Gasteiger partial charge on any atom is -0.497 e. The van der Waals surface area contributed by atoms with Gasteiger partial charge in [0.1, 0.15) is 5.75 Å². The van der Waals surface area contributed by atoms with Crippen LogP contribution in [-0.2, 0) is 16.0 Å². The van der Waals surface area contributed by atoms with Gasteiger partial charge < -0.3 is 15.2 Å². The summed E-state index contributed by atoms with van der Waals surface area (Å²) >= 11 is 0. The molecule has 0 fully saturated rings. The summed E-state index contributed by atoms with van der Waals surface area (Å²) in [5.41, 5.74) is 1.28. The highest BCUT2D eigenvalue weighted by Crippen LogP contribution is 2.17. The van der Waals surface area contributed by atoms with E-state index in [1.165, 1.54) is 6.92 Å². The third-order valence-electron chi connectivity index (χ3n) is 2.51. The average molecular weight is 275 g/mol. The van der Waals surface area contributed by atoms with E-state index in [0.717, 1.165) is 0 Å². The molecule has 0 aromatic heterocycles. The summed E-state index contributed by atoms with van der Waals surface area (Å²) in [6.07, 6.45) is 0.420. The van der Waals surface area contributed by atoms with Gasteiger partial charge in [-0.2, -0.15) is 0 Å². The molecule has 0 aliphatic heterocycles. The Hall–Kier alpha value is -2.48. The Morgan fingerprint density at radius 1 is 1.40 bits per heavy atom. The lowest BCUT2D eigenvalue weighted by Gasteiger charge is -2.05. The van der Waals surface area contributed by atoms with Gasteiger partial charge in [-0.15, -0.1) is 0 Å². The quantitative estimate of drug-likeness (QED) is 0.625. The fourth-order valence-corrected chi connectivity index (χ4v) is 1.57. The van der Waals surface area contributed by atoms with E-state index in [4.69, 9.17) is 9.84 Å². The number of ether oxygens (including phenoxy) is 1. The van der Waals surface area contributed by atoms with Crippen LogP contribution in [0.5, 0.6) is 5.75 Å². The highest BCUT2D eigenvalue weighted by Gasteiger charge is 2.06. The second-order valence-corrected chi connectivity index (χ2v) is 4.13. The summed E-state index contributed by atoms with van der Waals surface area (Å²) in [5, 5.41) is 11.5. The number of carbonyl (C=O) groups excluding carboxylic acids is 1. The van der Waals surface area contributed by atoms with E-state index in [-0.39, 0.29) is 12.3 Å². The van der Waals surface area contributed by atoms with E-state index in [0.29, 0.717) is 29.8 Å². The predicted molar refractivity (Wildman–Crippen MR) is 74.5 cm³/mol. The van der Waals surface area contributed by atoms with Gasteiger partial charge in [-0.25, -0.2) is 0 Å². The van der Waals surface area contributed by atoms with E-state index < -0.39 is 5.97 Å². The molecule has 5 nitrogen and oxygen atoms in total. The number of rotatable bonds is 5. The number of carbonyl (C=O) groups is 2. The molecule has 0 bridgehead atoms. The molecule has 106 valence electrons. The van der Waals surface area contributed by atoms with E-state index >= 15 is 0 Å². The Morgan fingerprint density at radius 2 is 2.15 bits per heavy atom. The van der Waals surface area contributed by atoms with Gasteiger partial charge in [0.2, 0.25) is 5.91 Å². The minimum absolute atomic E-state index is 0.0836. The van der Waals surface area contributed by atoms with Crippen molar-refractivity contribution in [1.29, 1.82) is 0 Å². The summed E-state index contributed by atoms with van der Waals surface area (Å²) < 4.78 is 5.10. The van der Waals surface area contributed by atoms with Gasteiger partial charge in [-0.1, -0.05) is 17.9 Å². The van der Waals surface area contributed by atoms with Crippen LogP contribution in [0.4, 0.5) is 0 Å². The van der Waals surface area contributed by atoms with Gasteiger partial charge in [-0.05, 0) is 17.7 Å². The van der Waals surface area contributed by atoms with Crippen LogP contribution in [0, 0.1) is 11.8 Å².